The molecule has 130 valence electrons. The fourth-order valence-corrected chi connectivity index (χ4v) is 3.07. The lowest BCUT2D eigenvalue weighted by Crippen LogP contribution is -2.53. The number of rotatable bonds is 5. The van der Waals surface area contributed by atoms with Crippen LogP contribution < -0.4 is 5.32 Å². The van der Waals surface area contributed by atoms with Gasteiger partial charge in [0.2, 0.25) is 5.91 Å². The second-order valence-corrected chi connectivity index (χ2v) is 6.61. The molecule has 24 heavy (non-hydrogen) atoms. The number of likely N-dealkylation sites (tertiary alicyclic amines) is 1. The van der Waals surface area contributed by atoms with Crippen LogP contribution in [0.3, 0.4) is 0 Å². The van der Waals surface area contributed by atoms with E-state index in [1.165, 1.54) is 4.90 Å². The number of carboxylic acid groups (broad SMARTS) is 1. The number of hydrogen-bond acceptors (Lipinski definition) is 3. The molecule has 1 heterocycles. The lowest BCUT2D eigenvalue weighted by molar-refractivity contribution is -0.149. The number of hydrogen-bond donors (Lipinski definition) is 2. The van der Waals surface area contributed by atoms with E-state index in [-0.39, 0.29) is 17.4 Å². The van der Waals surface area contributed by atoms with Gasteiger partial charge in [-0.05, 0) is 30.9 Å². The quantitative estimate of drug-likeness (QED) is 0.850. The molecule has 0 unspecified atom stereocenters. The van der Waals surface area contributed by atoms with E-state index >= 15 is 0 Å². The van der Waals surface area contributed by atoms with Gasteiger partial charge in [-0.15, -0.1) is 0 Å². The van der Waals surface area contributed by atoms with E-state index in [1.807, 2.05) is 0 Å². The fourth-order valence-electron chi connectivity index (χ4n) is 2.84. The zero-order chi connectivity index (χ0) is 17.9. The molecule has 6 nitrogen and oxygen atoms in total. The highest BCUT2D eigenvalue weighted by molar-refractivity contribution is 6.33. The average Bonchev–Trinajstić information content (AvgIpc) is 3.01. The largest absolute Gasteiger partial charge is 0.480 e. The Morgan fingerprint density at radius 1 is 1.29 bits per heavy atom. The second-order valence-electron chi connectivity index (χ2n) is 6.20. The van der Waals surface area contributed by atoms with Crippen molar-refractivity contribution in [2.45, 2.75) is 38.8 Å². The van der Waals surface area contributed by atoms with Gasteiger partial charge in [0.15, 0.2) is 0 Å². The minimum atomic E-state index is -1.01. The minimum absolute atomic E-state index is 0.181. The molecule has 0 aromatic heterocycles. The summed E-state index contributed by atoms with van der Waals surface area (Å²) in [5, 5.41) is 12.3. The fraction of sp³-hybridized carbons (Fsp3) is 0.471. The first-order valence-electron chi connectivity index (χ1n) is 7.91. The lowest BCUT2D eigenvalue weighted by atomic mass is 10.0. The van der Waals surface area contributed by atoms with Gasteiger partial charge in [0, 0.05) is 6.54 Å². The van der Waals surface area contributed by atoms with Gasteiger partial charge < -0.3 is 15.3 Å². The monoisotopic (exact) mass is 352 g/mol. The summed E-state index contributed by atoms with van der Waals surface area (Å²) in [4.78, 5) is 37.8. The number of aliphatic carboxylic acids is 1. The van der Waals surface area contributed by atoms with Gasteiger partial charge >= 0.3 is 5.97 Å². The molecule has 7 heteroatoms. The second kappa shape index (κ2) is 7.66. The Morgan fingerprint density at radius 2 is 1.96 bits per heavy atom. The van der Waals surface area contributed by atoms with Crippen LogP contribution in [0.2, 0.25) is 5.02 Å². The predicted molar refractivity (Wildman–Crippen MR) is 89.9 cm³/mol. The number of benzene rings is 1. The summed E-state index contributed by atoms with van der Waals surface area (Å²) >= 11 is 6.02. The summed E-state index contributed by atoms with van der Waals surface area (Å²) in [6.07, 6.45) is 1.08. The van der Waals surface area contributed by atoms with E-state index < -0.39 is 24.0 Å². The molecule has 0 bridgehead atoms. The van der Waals surface area contributed by atoms with E-state index in [9.17, 15) is 19.5 Å². The van der Waals surface area contributed by atoms with Crippen LogP contribution in [-0.2, 0) is 9.59 Å². The van der Waals surface area contributed by atoms with Gasteiger partial charge in [0.1, 0.15) is 12.1 Å². The van der Waals surface area contributed by atoms with E-state index in [4.69, 9.17) is 11.6 Å². The Hall–Kier alpha value is -2.08. The normalized spacial score (nSPS) is 18.5. The highest BCUT2D eigenvalue weighted by atomic mass is 35.5. The SMILES string of the molecule is CC(C)[C@H](NC(=O)c1ccccc1Cl)C(=O)N1CCC[C@H]1C(=O)O. The molecule has 1 aromatic rings. The summed E-state index contributed by atoms with van der Waals surface area (Å²) in [6, 6.07) is 4.96. The van der Waals surface area contributed by atoms with Crippen LogP contribution in [0.4, 0.5) is 0 Å². The van der Waals surface area contributed by atoms with Crippen molar-refractivity contribution in [3.05, 3.63) is 34.9 Å². The van der Waals surface area contributed by atoms with E-state index in [2.05, 4.69) is 5.32 Å². The number of nitrogens with one attached hydrogen (secondary N) is 1. The van der Waals surface area contributed by atoms with Crippen molar-refractivity contribution in [1.82, 2.24) is 10.2 Å². The molecular weight excluding hydrogens is 332 g/mol. The van der Waals surface area contributed by atoms with Crippen molar-refractivity contribution in [3.63, 3.8) is 0 Å². The van der Waals surface area contributed by atoms with Gasteiger partial charge in [-0.25, -0.2) is 4.79 Å². The third-order valence-electron chi connectivity index (χ3n) is 4.16. The third kappa shape index (κ3) is 3.87. The Morgan fingerprint density at radius 3 is 2.54 bits per heavy atom. The average molecular weight is 353 g/mol. The van der Waals surface area contributed by atoms with Gasteiger partial charge in [-0.2, -0.15) is 0 Å². The molecule has 0 spiro atoms. The molecule has 1 aromatic carbocycles. The zero-order valence-corrected chi connectivity index (χ0v) is 14.4. The van der Waals surface area contributed by atoms with Crippen LogP contribution in [-0.4, -0.2) is 46.4 Å². The Kier molecular flexibility index (Phi) is 5.83. The maximum atomic E-state index is 12.8. The van der Waals surface area contributed by atoms with Crippen LogP contribution in [0.15, 0.2) is 24.3 Å². The number of amides is 2. The zero-order valence-electron chi connectivity index (χ0n) is 13.7. The summed E-state index contributed by atoms with van der Waals surface area (Å²) in [5.41, 5.74) is 0.286. The van der Waals surface area contributed by atoms with Crippen LogP contribution in [0.25, 0.3) is 0 Å². The first kappa shape index (κ1) is 18.3. The lowest BCUT2D eigenvalue weighted by Gasteiger charge is -2.29. The first-order valence-corrected chi connectivity index (χ1v) is 8.29. The van der Waals surface area contributed by atoms with Crippen LogP contribution in [0.1, 0.15) is 37.0 Å². The Labute approximate surface area is 145 Å². The van der Waals surface area contributed by atoms with Crippen molar-refractivity contribution in [2.75, 3.05) is 6.54 Å². The molecule has 1 aliphatic heterocycles. The molecule has 0 saturated carbocycles. The standard InChI is InChI=1S/C17H21ClN2O4/c1-10(2)14(16(22)20-9-5-8-13(20)17(23)24)19-15(21)11-6-3-4-7-12(11)18/h3-4,6-7,10,13-14H,5,8-9H2,1-2H3,(H,19,21)(H,23,24)/t13-,14-/m0/s1. The predicted octanol–water partition coefficient (Wildman–Crippen LogP) is 2.17. The van der Waals surface area contributed by atoms with Crippen molar-refractivity contribution in [3.8, 4) is 0 Å². The minimum Gasteiger partial charge on any atom is -0.480 e. The van der Waals surface area contributed by atoms with Gasteiger partial charge in [-0.3, -0.25) is 9.59 Å². The number of carbonyl (C=O) groups excluding carboxylic acids is 2. The van der Waals surface area contributed by atoms with Crippen molar-refractivity contribution in [2.24, 2.45) is 5.92 Å². The van der Waals surface area contributed by atoms with Gasteiger partial charge in [-0.1, -0.05) is 37.6 Å². The molecule has 2 rings (SSSR count). The van der Waals surface area contributed by atoms with Crippen LogP contribution >= 0.6 is 11.6 Å². The maximum absolute atomic E-state index is 12.8. The molecule has 2 N–H and O–H groups in total. The summed E-state index contributed by atoms with van der Waals surface area (Å²) in [7, 11) is 0. The third-order valence-corrected chi connectivity index (χ3v) is 4.49. The Balaban J connectivity index is 2.17. The van der Waals surface area contributed by atoms with E-state index in [1.54, 1.807) is 38.1 Å². The molecule has 1 saturated heterocycles. The Bertz CT molecular complexity index is 647. The van der Waals surface area contributed by atoms with Crippen molar-refractivity contribution < 1.29 is 19.5 Å². The van der Waals surface area contributed by atoms with E-state index in [0.29, 0.717) is 24.4 Å². The van der Waals surface area contributed by atoms with Crippen LogP contribution in [0.5, 0.6) is 0 Å². The topological polar surface area (TPSA) is 86.7 Å². The molecule has 0 aliphatic carbocycles. The number of carbonyl (C=O) groups is 3. The molecule has 2 atom stereocenters. The number of halogens is 1. The van der Waals surface area contributed by atoms with Crippen molar-refractivity contribution in [1.29, 1.82) is 0 Å². The number of nitrogens with zero attached hydrogens (tertiary/aromatic N) is 1. The summed E-state index contributed by atoms with van der Waals surface area (Å²) in [6.45, 7) is 4.00. The van der Waals surface area contributed by atoms with Crippen molar-refractivity contribution >= 4 is 29.4 Å². The summed E-state index contributed by atoms with van der Waals surface area (Å²) in [5.74, 6) is -2.01. The highest BCUT2D eigenvalue weighted by Gasteiger charge is 2.38. The smallest absolute Gasteiger partial charge is 0.326 e. The molecule has 2 amide bonds. The first-order chi connectivity index (χ1) is 11.3. The van der Waals surface area contributed by atoms with Gasteiger partial charge in [0.25, 0.3) is 5.91 Å². The summed E-state index contributed by atoms with van der Waals surface area (Å²) < 4.78 is 0. The van der Waals surface area contributed by atoms with Crippen LogP contribution in [0, 0.1) is 5.92 Å². The highest BCUT2D eigenvalue weighted by Crippen LogP contribution is 2.21. The molecule has 0 radical (unpaired) electrons. The molecule has 1 fully saturated rings. The molecule has 1 aliphatic rings. The number of carboxylic acids is 1. The maximum Gasteiger partial charge on any atom is 0.326 e. The van der Waals surface area contributed by atoms with Gasteiger partial charge in [0.05, 0.1) is 10.6 Å². The molecular formula is C17H21ClN2O4. The van der Waals surface area contributed by atoms with E-state index in [0.717, 1.165) is 0 Å².